The van der Waals surface area contributed by atoms with Crippen LogP contribution in [0.3, 0.4) is 0 Å². The van der Waals surface area contributed by atoms with Crippen molar-refractivity contribution < 1.29 is 5.11 Å². The zero-order valence-electron chi connectivity index (χ0n) is 15.9. The number of para-hydroxylation sites is 3. The SMILES string of the molecule is N#C/C(=C(/O)c1cc(-c2ccccc2)nc2ccccc12)c1nc2ccccc2[nH]1. The van der Waals surface area contributed by atoms with Gasteiger partial charge in [-0.2, -0.15) is 5.26 Å². The minimum Gasteiger partial charge on any atom is -0.506 e. The van der Waals surface area contributed by atoms with Crippen LogP contribution in [-0.4, -0.2) is 20.1 Å². The molecule has 0 unspecified atom stereocenters. The van der Waals surface area contributed by atoms with E-state index in [2.05, 4.69) is 16.0 Å². The van der Waals surface area contributed by atoms with E-state index in [9.17, 15) is 10.4 Å². The summed E-state index contributed by atoms with van der Waals surface area (Å²) in [6.45, 7) is 0. The van der Waals surface area contributed by atoms with Gasteiger partial charge in [0.2, 0.25) is 0 Å². The number of benzene rings is 3. The van der Waals surface area contributed by atoms with Crippen molar-refractivity contribution in [2.24, 2.45) is 0 Å². The number of pyridine rings is 1. The maximum absolute atomic E-state index is 11.2. The molecule has 2 heterocycles. The number of H-pyrrole nitrogens is 1. The van der Waals surface area contributed by atoms with E-state index in [0.29, 0.717) is 11.4 Å². The van der Waals surface area contributed by atoms with E-state index in [-0.39, 0.29) is 11.3 Å². The number of aliphatic hydroxyl groups is 1. The number of hydrogen-bond acceptors (Lipinski definition) is 4. The van der Waals surface area contributed by atoms with Crippen LogP contribution in [0, 0.1) is 11.3 Å². The number of imidazole rings is 1. The third kappa shape index (κ3) is 2.97. The fourth-order valence-electron chi connectivity index (χ4n) is 3.55. The van der Waals surface area contributed by atoms with Gasteiger partial charge in [0.25, 0.3) is 0 Å². The molecule has 0 aliphatic carbocycles. The van der Waals surface area contributed by atoms with Gasteiger partial charge >= 0.3 is 0 Å². The predicted molar refractivity (Wildman–Crippen MR) is 118 cm³/mol. The molecule has 0 spiro atoms. The van der Waals surface area contributed by atoms with Gasteiger partial charge < -0.3 is 10.1 Å². The summed E-state index contributed by atoms with van der Waals surface area (Å²) in [5, 5.41) is 21.8. The summed E-state index contributed by atoms with van der Waals surface area (Å²) < 4.78 is 0. The second kappa shape index (κ2) is 7.19. The number of aliphatic hydroxyl groups excluding tert-OH is 1. The zero-order chi connectivity index (χ0) is 20.5. The molecule has 0 saturated carbocycles. The number of allylic oxidation sites excluding steroid dienone is 1. The molecule has 2 aromatic heterocycles. The first-order chi connectivity index (χ1) is 14.7. The number of aromatic nitrogens is 3. The molecule has 5 aromatic rings. The predicted octanol–water partition coefficient (Wildman–Crippen LogP) is 5.73. The average molecular weight is 388 g/mol. The lowest BCUT2D eigenvalue weighted by Gasteiger charge is -2.10. The van der Waals surface area contributed by atoms with Crippen LogP contribution in [-0.2, 0) is 0 Å². The first-order valence-electron chi connectivity index (χ1n) is 9.48. The molecule has 0 radical (unpaired) electrons. The van der Waals surface area contributed by atoms with Gasteiger partial charge in [-0.15, -0.1) is 0 Å². The van der Waals surface area contributed by atoms with Crippen molar-refractivity contribution in [1.82, 2.24) is 15.0 Å². The highest BCUT2D eigenvalue weighted by Crippen LogP contribution is 2.32. The van der Waals surface area contributed by atoms with Crippen LogP contribution >= 0.6 is 0 Å². The fraction of sp³-hybridized carbons (Fsp3) is 0. The molecule has 0 aliphatic rings. The average Bonchev–Trinajstić information content (AvgIpc) is 3.23. The van der Waals surface area contributed by atoms with Gasteiger partial charge in [0.1, 0.15) is 17.4 Å². The highest BCUT2D eigenvalue weighted by molar-refractivity contribution is 6.01. The van der Waals surface area contributed by atoms with Crippen molar-refractivity contribution in [2.45, 2.75) is 0 Å². The summed E-state index contributed by atoms with van der Waals surface area (Å²) in [6.07, 6.45) is 0. The van der Waals surface area contributed by atoms with Crippen molar-refractivity contribution in [1.29, 1.82) is 5.26 Å². The summed E-state index contributed by atoms with van der Waals surface area (Å²) in [5.41, 5.74) is 4.55. The Kier molecular flexibility index (Phi) is 4.23. The number of nitrogens with one attached hydrogen (secondary N) is 1. The molecule has 5 rings (SSSR count). The van der Waals surface area contributed by atoms with Crippen molar-refractivity contribution in [2.75, 3.05) is 0 Å². The second-order valence-electron chi connectivity index (χ2n) is 6.88. The minimum absolute atomic E-state index is 0.0848. The normalized spacial score (nSPS) is 12.0. The van der Waals surface area contributed by atoms with E-state index in [1.807, 2.05) is 84.9 Å². The van der Waals surface area contributed by atoms with Crippen molar-refractivity contribution in [3.05, 3.63) is 96.3 Å². The monoisotopic (exact) mass is 388 g/mol. The van der Waals surface area contributed by atoms with Gasteiger partial charge in [-0.1, -0.05) is 60.7 Å². The van der Waals surface area contributed by atoms with Crippen LogP contribution in [0.2, 0.25) is 0 Å². The highest BCUT2D eigenvalue weighted by atomic mass is 16.3. The number of rotatable bonds is 3. The summed E-state index contributed by atoms with van der Waals surface area (Å²) in [6, 6.07) is 28.8. The van der Waals surface area contributed by atoms with Gasteiger partial charge in [0, 0.05) is 16.5 Å². The summed E-state index contributed by atoms with van der Waals surface area (Å²) in [4.78, 5) is 12.3. The largest absolute Gasteiger partial charge is 0.506 e. The standard InChI is InChI=1S/C25H16N4O/c26-15-19(25-28-21-12-6-7-13-22(21)29-25)24(30)18-14-23(16-8-2-1-3-9-16)27-20-11-5-4-10-17(18)20/h1-14,30H,(H,28,29)/b24-19-. The fourth-order valence-corrected chi connectivity index (χ4v) is 3.55. The van der Waals surface area contributed by atoms with Crippen LogP contribution in [0.25, 0.3) is 44.5 Å². The Morgan fingerprint density at radius 1 is 0.833 bits per heavy atom. The molecule has 0 saturated heterocycles. The smallest absolute Gasteiger partial charge is 0.153 e. The molecule has 2 N–H and O–H groups in total. The van der Waals surface area contributed by atoms with Crippen molar-refractivity contribution >= 4 is 33.3 Å². The van der Waals surface area contributed by atoms with E-state index in [0.717, 1.165) is 33.2 Å². The Hall–Kier alpha value is -4.43. The molecule has 0 bridgehead atoms. The van der Waals surface area contributed by atoms with E-state index in [4.69, 9.17) is 4.98 Å². The number of nitriles is 1. The Balaban J connectivity index is 1.77. The Morgan fingerprint density at radius 2 is 1.53 bits per heavy atom. The lowest BCUT2D eigenvalue weighted by Crippen LogP contribution is -1.96. The molecule has 0 aliphatic heterocycles. The molecule has 0 fully saturated rings. The number of nitrogens with zero attached hydrogens (tertiary/aromatic N) is 3. The van der Waals surface area contributed by atoms with Gasteiger partial charge in [0.05, 0.1) is 22.2 Å². The topological polar surface area (TPSA) is 85.6 Å². The number of aromatic amines is 1. The third-order valence-corrected chi connectivity index (χ3v) is 5.02. The van der Waals surface area contributed by atoms with E-state index in [1.165, 1.54) is 0 Å². The first-order valence-corrected chi connectivity index (χ1v) is 9.48. The summed E-state index contributed by atoms with van der Waals surface area (Å²) >= 11 is 0. The summed E-state index contributed by atoms with van der Waals surface area (Å²) in [5.74, 6) is 0.200. The summed E-state index contributed by atoms with van der Waals surface area (Å²) in [7, 11) is 0. The minimum atomic E-state index is -0.132. The van der Waals surface area contributed by atoms with Gasteiger partial charge in [0.15, 0.2) is 5.82 Å². The second-order valence-corrected chi connectivity index (χ2v) is 6.88. The van der Waals surface area contributed by atoms with E-state index < -0.39 is 0 Å². The first kappa shape index (κ1) is 17.7. The van der Waals surface area contributed by atoms with Gasteiger partial charge in [-0.25, -0.2) is 9.97 Å². The Morgan fingerprint density at radius 3 is 2.30 bits per heavy atom. The zero-order valence-corrected chi connectivity index (χ0v) is 15.9. The molecule has 30 heavy (non-hydrogen) atoms. The Labute approximate surface area is 172 Å². The van der Waals surface area contributed by atoms with E-state index >= 15 is 0 Å². The van der Waals surface area contributed by atoms with Crippen molar-refractivity contribution in [3.63, 3.8) is 0 Å². The quantitative estimate of drug-likeness (QED) is 0.305. The van der Waals surface area contributed by atoms with Crippen LogP contribution < -0.4 is 0 Å². The number of fused-ring (bicyclic) bond motifs is 2. The molecule has 0 amide bonds. The van der Waals surface area contributed by atoms with Crippen LogP contribution in [0.1, 0.15) is 11.4 Å². The highest BCUT2D eigenvalue weighted by Gasteiger charge is 2.18. The molecule has 5 heteroatoms. The van der Waals surface area contributed by atoms with E-state index in [1.54, 1.807) is 0 Å². The maximum Gasteiger partial charge on any atom is 0.153 e. The van der Waals surface area contributed by atoms with Gasteiger partial charge in [-0.05, 0) is 24.3 Å². The molecular formula is C25H16N4O. The lowest BCUT2D eigenvalue weighted by molar-refractivity contribution is 0.514. The van der Waals surface area contributed by atoms with Crippen LogP contribution in [0.15, 0.2) is 84.9 Å². The molecule has 5 nitrogen and oxygen atoms in total. The lowest BCUT2D eigenvalue weighted by atomic mass is 10.0. The molecular weight excluding hydrogens is 372 g/mol. The molecule has 142 valence electrons. The van der Waals surface area contributed by atoms with Crippen LogP contribution in [0.5, 0.6) is 0 Å². The number of hydrogen-bond donors (Lipinski definition) is 2. The maximum atomic E-state index is 11.2. The molecule has 3 aromatic carbocycles. The van der Waals surface area contributed by atoms with Gasteiger partial charge in [-0.3, -0.25) is 0 Å². The van der Waals surface area contributed by atoms with Crippen LogP contribution in [0.4, 0.5) is 0 Å². The Bertz CT molecular complexity index is 1430. The third-order valence-electron chi connectivity index (χ3n) is 5.02. The van der Waals surface area contributed by atoms with Crippen molar-refractivity contribution in [3.8, 4) is 17.3 Å². The molecule has 0 atom stereocenters.